The van der Waals surface area contributed by atoms with E-state index >= 15 is 0 Å². The maximum Gasteiger partial charge on any atom is 0.306 e. The lowest BCUT2D eigenvalue weighted by Crippen LogP contribution is -2.29. The second-order valence-corrected chi connectivity index (χ2v) is 7.13. The smallest absolute Gasteiger partial charge is 0.306 e. The Kier molecular flexibility index (Phi) is 6.20. The summed E-state index contributed by atoms with van der Waals surface area (Å²) in [5.41, 5.74) is 0.940. The van der Waals surface area contributed by atoms with Crippen LogP contribution in [0.4, 0.5) is 0 Å². The molecule has 1 amide bonds. The van der Waals surface area contributed by atoms with Gasteiger partial charge in [0.1, 0.15) is 5.75 Å². The summed E-state index contributed by atoms with van der Waals surface area (Å²) in [5, 5.41) is 0. The summed E-state index contributed by atoms with van der Waals surface area (Å²) >= 11 is 0. The van der Waals surface area contributed by atoms with Crippen LogP contribution in [0, 0.1) is 5.92 Å². The minimum Gasteiger partial charge on any atom is -0.383 e. The van der Waals surface area contributed by atoms with Gasteiger partial charge in [-0.15, -0.1) is 0 Å². The molecule has 0 aromatic heterocycles. The monoisotopic (exact) mass is 313 g/mol. The highest BCUT2D eigenvalue weighted by Crippen LogP contribution is 2.16. The highest BCUT2D eigenvalue weighted by Gasteiger charge is 2.11. The average molecular weight is 313 g/mol. The van der Waals surface area contributed by atoms with Gasteiger partial charge >= 0.3 is 10.1 Å². The minimum absolute atomic E-state index is 0.0344. The zero-order valence-electron chi connectivity index (χ0n) is 13.0. The van der Waals surface area contributed by atoms with Crippen LogP contribution >= 0.6 is 0 Å². The maximum atomic E-state index is 11.6. The second-order valence-electron chi connectivity index (χ2n) is 5.55. The Hall–Kier alpha value is -1.56. The minimum atomic E-state index is -3.51. The van der Waals surface area contributed by atoms with Crippen LogP contribution in [0.5, 0.6) is 5.75 Å². The van der Waals surface area contributed by atoms with E-state index in [1.807, 2.05) is 0 Å². The molecule has 0 bridgehead atoms. The lowest BCUT2D eigenvalue weighted by atomic mass is 10.1. The highest BCUT2D eigenvalue weighted by atomic mass is 32.2. The van der Waals surface area contributed by atoms with Gasteiger partial charge in [-0.2, -0.15) is 8.42 Å². The Morgan fingerprint density at radius 2 is 1.81 bits per heavy atom. The molecule has 1 aromatic rings. The number of amides is 1. The van der Waals surface area contributed by atoms with Crippen LogP contribution < -0.4 is 4.18 Å². The fraction of sp³-hybridized carbons (Fsp3) is 0.533. The second kappa shape index (κ2) is 7.45. The highest BCUT2D eigenvalue weighted by molar-refractivity contribution is 7.86. The number of hydrogen-bond acceptors (Lipinski definition) is 4. The lowest BCUT2D eigenvalue weighted by Gasteiger charge is -2.22. The van der Waals surface area contributed by atoms with E-state index in [-0.39, 0.29) is 11.7 Å². The molecule has 0 saturated carbocycles. The van der Waals surface area contributed by atoms with Gasteiger partial charge in [0.2, 0.25) is 5.91 Å². The fourth-order valence-electron chi connectivity index (χ4n) is 1.81. The molecule has 1 aromatic carbocycles. The van der Waals surface area contributed by atoms with E-state index in [9.17, 15) is 13.2 Å². The van der Waals surface area contributed by atoms with Crippen molar-refractivity contribution < 1.29 is 17.4 Å². The molecular formula is C15H23NO4S. The Labute approximate surface area is 127 Å². The van der Waals surface area contributed by atoms with E-state index in [0.29, 0.717) is 19.0 Å². The molecule has 5 nitrogen and oxygen atoms in total. The van der Waals surface area contributed by atoms with Crippen LogP contribution in [0.15, 0.2) is 24.3 Å². The van der Waals surface area contributed by atoms with Crippen LogP contribution in [0.1, 0.15) is 32.8 Å². The van der Waals surface area contributed by atoms with E-state index in [4.69, 9.17) is 4.18 Å². The Bertz CT molecular complexity index is 564. The van der Waals surface area contributed by atoms with Crippen molar-refractivity contribution in [2.75, 3.05) is 12.8 Å². The lowest BCUT2D eigenvalue weighted by molar-refractivity contribution is -0.129. The molecular weight excluding hydrogens is 290 g/mol. The Balaban J connectivity index is 2.70. The van der Waals surface area contributed by atoms with Crippen molar-refractivity contribution in [1.82, 2.24) is 4.90 Å². The molecule has 0 aliphatic carbocycles. The molecule has 0 saturated heterocycles. The van der Waals surface area contributed by atoms with Crippen LogP contribution in [0.2, 0.25) is 0 Å². The third-order valence-electron chi connectivity index (χ3n) is 2.97. The summed E-state index contributed by atoms with van der Waals surface area (Å²) in [4.78, 5) is 13.4. The molecule has 0 aliphatic heterocycles. The first-order chi connectivity index (χ1) is 9.67. The predicted octanol–water partition coefficient (Wildman–Crippen LogP) is 2.42. The topological polar surface area (TPSA) is 63.7 Å². The molecule has 1 rings (SSSR count). The van der Waals surface area contributed by atoms with Gasteiger partial charge in [-0.3, -0.25) is 4.79 Å². The quantitative estimate of drug-likeness (QED) is 0.725. The van der Waals surface area contributed by atoms with E-state index in [2.05, 4.69) is 13.8 Å². The molecule has 0 aliphatic rings. The van der Waals surface area contributed by atoms with E-state index in [0.717, 1.165) is 18.2 Å². The zero-order chi connectivity index (χ0) is 16.0. The molecule has 0 spiro atoms. The molecule has 0 N–H and O–H groups in total. The molecule has 0 atom stereocenters. The molecule has 6 heteroatoms. The Morgan fingerprint density at radius 3 is 2.24 bits per heavy atom. The number of benzene rings is 1. The predicted molar refractivity (Wildman–Crippen MR) is 82.5 cm³/mol. The van der Waals surface area contributed by atoms with Gasteiger partial charge in [-0.05, 0) is 30.0 Å². The third-order valence-corrected chi connectivity index (χ3v) is 3.46. The van der Waals surface area contributed by atoms with Crippen LogP contribution in [-0.2, 0) is 21.5 Å². The van der Waals surface area contributed by atoms with Crippen LogP contribution in [0.25, 0.3) is 0 Å². The molecule has 0 fully saturated rings. The van der Waals surface area contributed by atoms with Crippen molar-refractivity contribution in [3.05, 3.63) is 29.8 Å². The Morgan fingerprint density at radius 1 is 1.24 bits per heavy atom. The van der Waals surface area contributed by atoms with Crippen molar-refractivity contribution in [1.29, 1.82) is 0 Å². The number of rotatable bonds is 7. The number of nitrogens with zero attached hydrogens (tertiary/aromatic N) is 1. The first-order valence-corrected chi connectivity index (χ1v) is 8.73. The van der Waals surface area contributed by atoms with Crippen molar-refractivity contribution in [2.45, 2.75) is 33.7 Å². The van der Waals surface area contributed by atoms with E-state index in [1.54, 1.807) is 36.1 Å². The molecule has 0 heterocycles. The normalized spacial score (nSPS) is 11.5. The zero-order valence-corrected chi connectivity index (χ0v) is 13.8. The van der Waals surface area contributed by atoms with Gasteiger partial charge in [-0.1, -0.05) is 26.0 Å². The standard InChI is InChI=1S/C15H23NO4S/c1-12(2)9-10-16(13(3)17)11-14-5-7-15(8-6-14)20-21(4,18)19/h5-8,12H,9-11H2,1-4H3. The number of carbonyl (C=O) groups is 1. The maximum absolute atomic E-state index is 11.6. The molecule has 0 radical (unpaired) electrons. The summed E-state index contributed by atoms with van der Waals surface area (Å²) in [6.45, 7) is 7.03. The van der Waals surface area contributed by atoms with Crippen LogP contribution in [-0.4, -0.2) is 32.0 Å². The average Bonchev–Trinajstić information content (AvgIpc) is 2.34. The van der Waals surface area contributed by atoms with Gasteiger partial charge in [-0.25, -0.2) is 0 Å². The molecule has 0 unspecified atom stereocenters. The van der Waals surface area contributed by atoms with Crippen LogP contribution in [0.3, 0.4) is 0 Å². The van der Waals surface area contributed by atoms with E-state index in [1.165, 1.54) is 0 Å². The largest absolute Gasteiger partial charge is 0.383 e. The number of hydrogen-bond donors (Lipinski definition) is 0. The SMILES string of the molecule is CC(=O)N(CCC(C)C)Cc1ccc(OS(C)(=O)=O)cc1. The van der Waals surface area contributed by atoms with Gasteiger partial charge in [0, 0.05) is 20.0 Å². The summed E-state index contributed by atoms with van der Waals surface area (Å²) in [5.74, 6) is 0.849. The van der Waals surface area contributed by atoms with Gasteiger partial charge in [0.15, 0.2) is 0 Å². The van der Waals surface area contributed by atoms with Crippen molar-refractivity contribution >= 4 is 16.0 Å². The van der Waals surface area contributed by atoms with E-state index < -0.39 is 10.1 Å². The molecule has 118 valence electrons. The summed E-state index contributed by atoms with van der Waals surface area (Å²) in [6.07, 6.45) is 1.96. The summed E-state index contributed by atoms with van der Waals surface area (Å²) in [7, 11) is -3.51. The van der Waals surface area contributed by atoms with Crippen molar-refractivity contribution in [3.63, 3.8) is 0 Å². The fourth-order valence-corrected chi connectivity index (χ4v) is 2.27. The third kappa shape index (κ3) is 7.13. The first kappa shape index (κ1) is 17.5. The van der Waals surface area contributed by atoms with Crippen molar-refractivity contribution in [2.24, 2.45) is 5.92 Å². The number of carbonyl (C=O) groups excluding carboxylic acids is 1. The van der Waals surface area contributed by atoms with Gasteiger partial charge < -0.3 is 9.08 Å². The van der Waals surface area contributed by atoms with Gasteiger partial charge in [0.25, 0.3) is 0 Å². The van der Waals surface area contributed by atoms with Crippen molar-refractivity contribution in [3.8, 4) is 5.75 Å². The summed E-state index contributed by atoms with van der Waals surface area (Å²) < 4.78 is 26.8. The first-order valence-electron chi connectivity index (χ1n) is 6.91. The molecule has 21 heavy (non-hydrogen) atoms. The van der Waals surface area contributed by atoms with Gasteiger partial charge in [0.05, 0.1) is 6.26 Å². The summed E-state index contributed by atoms with van der Waals surface area (Å²) in [6, 6.07) is 6.73.